The van der Waals surface area contributed by atoms with E-state index in [1.165, 1.54) is 0 Å². The van der Waals surface area contributed by atoms with Crippen LogP contribution in [0, 0.1) is 0 Å². The van der Waals surface area contributed by atoms with Crippen LogP contribution in [0.5, 0.6) is 11.5 Å². The molecule has 0 radical (unpaired) electrons. The van der Waals surface area contributed by atoms with Gasteiger partial charge in [0, 0.05) is 12.8 Å². The highest BCUT2D eigenvalue weighted by Gasteiger charge is 2.00. The lowest BCUT2D eigenvalue weighted by molar-refractivity contribution is -0.136. The number of aryl methyl sites for hydroxylation is 1. The number of carboxylic acid groups (broad SMARTS) is 1. The Morgan fingerprint density at radius 2 is 1.76 bits per heavy atom. The molecule has 0 spiro atoms. The first-order chi connectivity index (χ1) is 10.1. The van der Waals surface area contributed by atoms with E-state index in [9.17, 15) is 9.90 Å². The van der Waals surface area contributed by atoms with Crippen LogP contribution in [0.2, 0.25) is 0 Å². The molecule has 21 heavy (non-hydrogen) atoms. The molecule has 0 fully saturated rings. The number of ether oxygens (including phenoxy) is 1. The molecule has 0 aromatic heterocycles. The van der Waals surface area contributed by atoms with Crippen molar-refractivity contribution in [3.63, 3.8) is 0 Å². The third-order valence-corrected chi connectivity index (χ3v) is 3.12. The summed E-state index contributed by atoms with van der Waals surface area (Å²) >= 11 is 0. The van der Waals surface area contributed by atoms with Crippen molar-refractivity contribution in [3.8, 4) is 11.5 Å². The van der Waals surface area contributed by atoms with Crippen molar-refractivity contribution >= 4 is 5.97 Å². The van der Waals surface area contributed by atoms with Crippen LogP contribution >= 0.6 is 0 Å². The minimum atomic E-state index is -0.790. The summed E-state index contributed by atoms with van der Waals surface area (Å²) in [4.78, 5) is 10.5. The fraction of sp³-hybridized carbons (Fsp3) is 0.235. The SMILES string of the molecule is O=C(O)CCc1ccc(OCCc2cccc(O)c2)cc1. The Morgan fingerprint density at radius 1 is 1.00 bits per heavy atom. The van der Waals surface area contributed by atoms with E-state index in [0.717, 1.165) is 23.3 Å². The summed E-state index contributed by atoms with van der Waals surface area (Å²) in [7, 11) is 0. The summed E-state index contributed by atoms with van der Waals surface area (Å²) in [6.07, 6.45) is 1.38. The van der Waals surface area contributed by atoms with Gasteiger partial charge in [-0.3, -0.25) is 4.79 Å². The largest absolute Gasteiger partial charge is 0.508 e. The van der Waals surface area contributed by atoms with Crippen LogP contribution in [0.15, 0.2) is 48.5 Å². The Morgan fingerprint density at radius 3 is 2.43 bits per heavy atom. The summed E-state index contributed by atoms with van der Waals surface area (Å²) < 4.78 is 5.63. The maximum atomic E-state index is 10.5. The second-order valence-corrected chi connectivity index (χ2v) is 4.81. The van der Waals surface area contributed by atoms with E-state index in [-0.39, 0.29) is 12.2 Å². The molecule has 2 rings (SSSR count). The summed E-state index contributed by atoms with van der Waals surface area (Å²) in [5.74, 6) is 0.228. The van der Waals surface area contributed by atoms with Crippen molar-refractivity contribution in [3.05, 3.63) is 59.7 Å². The second-order valence-electron chi connectivity index (χ2n) is 4.81. The van der Waals surface area contributed by atoms with Crippen molar-refractivity contribution in [1.82, 2.24) is 0 Å². The topological polar surface area (TPSA) is 66.8 Å². The highest BCUT2D eigenvalue weighted by molar-refractivity contribution is 5.67. The molecular formula is C17H18O4. The average molecular weight is 286 g/mol. The molecule has 0 heterocycles. The van der Waals surface area contributed by atoms with Gasteiger partial charge >= 0.3 is 5.97 Å². The third-order valence-electron chi connectivity index (χ3n) is 3.12. The molecule has 0 aliphatic rings. The predicted molar refractivity (Wildman–Crippen MR) is 79.7 cm³/mol. The van der Waals surface area contributed by atoms with Gasteiger partial charge < -0.3 is 14.9 Å². The van der Waals surface area contributed by atoms with Crippen molar-refractivity contribution in [1.29, 1.82) is 0 Å². The average Bonchev–Trinajstić information content (AvgIpc) is 2.46. The summed E-state index contributed by atoms with van der Waals surface area (Å²) in [5, 5.41) is 18.0. The fourth-order valence-electron chi connectivity index (χ4n) is 2.00. The molecular weight excluding hydrogens is 268 g/mol. The number of benzene rings is 2. The lowest BCUT2D eigenvalue weighted by Gasteiger charge is -2.07. The van der Waals surface area contributed by atoms with Crippen LogP contribution in [0.4, 0.5) is 0 Å². The third kappa shape index (κ3) is 5.18. The molecule has 0 unspecified atom stereocenters. The molecule has 110 valence electrons. The molecule has 0 saturated heterocycles. The molecule has 4 heteroatoms. The highest BCUT2D eigenvalue weighted by Crippen LogP contribution is 2.15. The summed E-state index contributed by atoms with van der Waals surface area (Å²) in [5.41, 5.74) is 2.01. The first kappa shape index (κ1) is 14.9. The Kier molecular flexibility index (Phi) is 5.21. The zero-order chi connectivity index (χ0) is 15.1. The molecule has 2 aromatic rings. The zero-order valence-corrected chi connectivity index (χ0v) is 11.7. The molecule has 0 bridgehead atoms. The highest BCUT2D eigenvalue weighted by atomic mass is 16.5. The normalized spacial score (nSPS) is 10.3. The predicted octanol–water partition coefficient (Wildman–Crippen LogP) is 3.03. The van der Waals surface area contributed by atoms with Gasteiger partial charge in [0.05, 0.1) is 6.61 Å². The van der Waals surface area contributed by atoms with Crippen LogP contribution < -0.4 is 4.74 Å². The first-order valence-electron chi connectivity index (χ1n) is 6.85. The Hall–Kier alpha value is -2.49. The molecule has 0 aliphatic heterocycles. The van der Waals surface area contributed by atoms with Gasteiger partial charge in [-0.25, -0.2) is 0 Å². The number of aliphatic carboxylic acids is 1. The number of aromatic hydroxyl groups is 1. The van der Waals surface area contributed by atoms with Crippen LogP contribution in [0.3, 0.4) is 0 Å². The zero-order valence-electron chi connectivity index (χ0n) is 11.7. The van der Waals surface area contributed by atoms with E-state index in [1.807, 2.05) is 36.4 Å². The van der Waals surface area contributed by atoms with Crippen LogP contribution in [-0.4, -0.2) is 22.8 Å². The lowest BCUT2D eigenvalue weighted by atomic mass is 10.1. The smallest absolute Gasteiger partial charge is 0.303 e. The lowest BCUT2D eigenvalue weighted by Crippen LogP contribution is -2.01. The van der Waals surface area contributed by atoms with Gasteiger partial charge in [0.15, 0.2) is 0 Å². The molecule has 0 atom stereocenters. The van der Waals surface area contributed by atoms with Gasteiger partial charge in [-0.2, -0.15) is 0 Å². The maximum absolute atomic E-state index is 10.5. The second kappa shape index (κ2) is 7.33. The quantitative estimate of drug-likeness (QED) is 0.821. The maximum Gasteiger partial charge on any atom is 0.303 e. The minimum Gasteiger partial charge on any atom is -0.508 e. The molecule has 0 amide bonds. The first-order valence-corrected chi connectivity index (χ1v) is 6.85. The van der Waals surface area contributed by atoms with Crippen molar-refractivity contribution < 1.29 is 19.7 Å². The van der Waals surface area contributed by atoms with E-state index in [4.69, 9.17) is 9.84 Å². The fourth-order valence-corrected chi connectivity index (χ4v) is 2.00. The minimum absolute atomic E-state index is 0.137. The number of phenols is 1. The van der Waals surface area contributed by atoms with Crippen molar-refractivity contribution in [2.24, 2.45) is 0 Å². The molecule has 2 aromatic carbocycles. The number of hydrogen-bond acceptors (Lipinski definition) is 3. The van der Waals surface area contributed by atoms with Crippen LogP contribution in [0.1, 0.15) is 17.5 Å². The monoisotopic (exact) mass is 286 g/mol. The molecule has 0 saturated carbocycles. The number of rotatable bonds is 7. The van der Waals surface area contributed by atoms with Gasteiger partial charge in [-0.05, 0) is 41.8 Å². The van der Waals surface area contributed by atoms with E-state index in [1.54, 1.807) is 12.1 Å². The van der Waals surface area contributed by atoms with Gasteiger partial charge in [-0.15, -0.1) is 0 Å². The van der Waals surface area contributed by atoms with Gasteiger partial charge in [0.1, 0.15) is 11.5 Å². The van der Waals surface area contributed by atoms with E-state index >= 15 is 0 Å². The van der Waals surface area contributed by atoms with Gasteiger partial charge in [0.25, 0.3) is 0 Å². The number of phenolic OH excluding ortho intramolecular Hbond substituents is 1. The van der Waals surface area contributed by atoms with Crippen LogP contribution in [0.25, 0.3) is 0 Å². The van der Waals surface area contributed by atoms with Gasteiger partial charge in [0.2, 0.25) is 0 Å². The molecule has 4 nitrogen and oxygen atoms in total. The van der Waals surface area contributed by atoms with E-state index < -0.39 is 5.97 Å². The van der Waals surface area contributed by atoms with Crippen molar-refractivity contribution in [2.45, 2.75) is 19.3 Å². The Bertz CT molecular complexity index is 590. The van der Waals surface area contributed by atoms with Gasteiger partial charge in [-0.1, -0.05) is 24.3 Å². The Labute approximate surface area is 123 Å². The van der Waals surface area contributed by atoms with Crippen LogP contribution in [-0.2, 0) is 17.6 Å². The van der Waals surface area contributed by atoms with Crippen molar-refractivity contribution in [2.75, 3.05) is 6.61 Å². The number of carbonyl (C=O) groups is 1. The number of carboxylic acids is 1. The number of hydrogen-bond donors (Lipinski definition) is 2. The molecule has 0 aliphatic carbocycles. The summed E-state index contributed by atoms with van der Waals surface area (Å²) in [6.45, 7) is 0.526. The van der Waals surface area contributed by atoms with E-state index in [2.05, 4.69) is 0 Å². The molecule has 2 N–H and O–H groups in total. The summed E-state index contributed by atoms with van der Waals surface area (Å²) in [6, 6.07) is 14.6. The standard InChI is InChI=1S/C17H18O4/c18-15-3-1-2-14(12-15)10-11-21-16-7-4-13(5-8-16)6-9-17(19)20/h1-5,7-8,12,18H,6,9-11H2,(H,19,20). The van der Waals surface area contributed by atoms with E-state index in [0.29, 0.717) is 13.0 Å². The Balaban J connectivity index is 1.79.